The van der Waals surface area contributed by atoms with Gasteiger partial charge < -0.3 is 19.2 Å². The zero-order valence-corrected chi connectivity index (χ0v) is 34.6. The van der Waals surface area contributed by atoms with Crippen molar-refractivity contribution in [2.75, 3.05) is 6.61 Å². The van der Waals surface area contributed by atoms with E-state index < -0.39 is 33.4 Å². The number of carbonyl (C=O) groups excluding carboxylic acids is 2. The summed E-state index contributed by atoms with van der Waals surface area (Å²) in [6, 6.07) is 29.0. The van der Waals surface area contributed by atoms with Gasteiger partial charge in [-0.3, -0.25) is 14.5 Å². The Morgan fingerprint density at radius 3 is 2.18 bits per heavy atom. The minimum absolute atomic E-state index is 0.138. The zero-order valence-electron chi connectivity index (χ0n) is 32.7. The Morgan fingerprint density at radius 1 is 0.964 bits per heavy atom. The molecule has 2 fully saturated rings. The molecular formula is C45H52BNO6SSi. The van der Waals surface area contributed by atoms with Gasteiger partial charge in [0.2, 0.25) is 11.8 Å². The second-order valence-electron chi connectivity index (χ2n) is 16.6. The van der Waals surface area contributed by atoms with E-state index in [1.807, 2.05) is 55.6 Å². The Bertz CT molecular complexity index is 2030. The normalized spacial score (nSPS) is 22.0. The van der Waals surface area contributed by atoms with Gasteiger partial charge in [-0.1, -0.05) is 99.2 Å². The van der Waals surface area contributed by atoms with E-state index in [0.717, 1.165) is 38.3 Å². The van der Waals surface area contributed by atoms with E-state index in [0.29, 0.717) is 31.6 Å². The van der Waals surface area contributed by atoms with Gasteiger partial charge in [0.1, 0.15) is 5.75 Å². The molecule has 0 saturated carbocycles. The number of rotatable bonds is 11. The summed E-state index contributed by atoms with van der Waals surface area (Å²) in [5, 5.41) is 25.7. The number of hydrogen-bond acceptors (Lipinski definition) is 7. The van der Waals surface area contributed by atoms with Crippen LogP contribution >= 0.6 is 11.3 Å². The number of benzene rings is 3. The van der Waals surface area contributed by atoms with E-state index in [2.05, 4.69) is 82.3 Å². The van der Waals surface area contributed by atoms with E-state index in [1.165, 1.54) is 15.3 Å². The molecule has 2 amide bonds. The van der Waals surface area contributed by atoms with Crippen LogP contribution in [0.15, 0.2) is 107 Å². The van der Waals surface area contributed by atoms with Crippen LogP contribution in [0.25, 0.3) is 6.08 Å². The minimum Gasteiger partial charge on any atom is -0.507 e. The maximum absolute atomic E-state index is 14.3. The summed E-state index contributed by atoms with van der Waals surface area (Å²) in [5.74, 6) is -1.40. The molecule has 0 unspecified atom stereocenters. The number of allylic oxidation sites excluding steroid dienone is 1. The number of phenols is 1. The van der Waals surface area contributed by atoms with Crippen LogP contribution in [-0.4, -0.2) is 55.0 Å². The first-order chi connectivity index (χ1) is 26.3. The predicted octanol–water partition coefficient (Wildman–Crippen LogP) is 7.83. The van der Waals surface area contributed by atoms with Crippen molar-refractivity contribution in [1.29, 1.82) is 0 Å². The Labute approximate surface area is 331 Å². The molecule has 10 heteroatoms. The molecule has 2 N–H and O–H groups in total. The molecule has 286 valence electrons. The van der Waals surface area contributed by atoms with E-state index in [-0.39, 0.29) is 35.6 Å². The van der Waals surface area contributed by atoms with Crippen molar-refractivity contribution in [3.63, 3.8) is 0 Å². The van der Waals surface area contributed by atoms with Crippen LogP contribution in [0.4, 0.5) is 0 Å². The Balaban J connectivity index is 1.28. The highest BCUT2D eigenvalue weighted by atomic mass is 32.1. The highest BCUT2D eigenvalue weighted by Crippen LogP contribution is 2.51. The number of likely N-dealkylation sites (tertiary alicyclic amines) is 1. The highest BCUT2D eigenvalue weighted by molar-refractivity contribution is 7.09. The molecule has 4 aromatic rings. The summed E-state index contributed by atoms with van der Waals surface area (Å²) >= 11 is 1.54. The smallest absolute Gasteiger partial charge is 0.455 e. The summed E-state index contributed by atoms with van der Waals surface area (Å²) < 4.78 is 13.9. The molecule has 0 spiro atoms. The molecule has 1 aliphatic carbocycles. The van der Waals surface area contributed by atoms with Crippen LogP contribution in [0.5, 0.6) is 5.75 Å². The second-order valence-corrected chi connectivity index (χ2v) is 22.0. The average Bonchev–Trinajstić information content (AvgIpc) is 3.76. The number of carbonyl (C=O) groups is 2. The molecule has 3 aliphatic rings. The first-order valence-corrected chi connectivity index (χ1v) is 22.2. The number of hydrogen-bond donors (Lipinski definition) is 2. The lowest BCUT2D eigenvalue weighted by molar-refractivity contribution is -0.140. The molecule has 2 saturated heterocycles. The van der Waals surface area contributed by atoms with E-state index >= 15 is 0 Å². The highest BCUT2D eigenvalue weighted by Gasteiger charge is 2.58. The molecule has 1 aromatic heterocycles. The number of aromatic hydroxyl groups is 1. The van der Waals surface area contributed by atoms with Crippen LogP contribution in [0.3, 0.4) is 0 Å². The van der Waals surface area contributed by atoms with Crippen molar-refractivity contribution in [3.8, 4) is 5.75 Å². The largest absolute Gasteiger partial charge is 0.507 e. The van der Waals surface area contributed by atoms with Gasteiger partial charge >= 0.3 is 7.12 Å². The van der Waals surface area contributed by atoms with Crippen molar-refractivity contribution in [3.05, 3.63) is 129 Å². The third-order valence-corrected chi connectivity index (χ3v) is 17.7. The molecule has 7 nitrogen and oxygen atoms in total. The van der Waals surface area contributed by atoms with Gasteiger partial charge in [0, 0.05) is 4.88 Å². The number of nitrogens with zero attached hydrogens (tertiary/aromatic N) is 1. The first kappa shape index (κ1) is 39.2. The molecule has 0 bridgehead atoms. The molecule has 7 rings (SSSR count). The topological polar surface area (TPSA) is 96.3 Å². The standard InChI is InChI=1S/C45H52BNO6SSi/c1-29(22-32-23-30(2)42(48)31(3)24-32)19-20-39-40-33(28-52-55(45(4,5)6,35-15-9-7-10-16-35)36-17-11-8-12-18-36)25-37-41(38(40)26-46(51)53-39)44(50)47(43(37)49)27-34-14-13-21-54-34/h7-18,21-24,37-39,41,48,51H,19-20,25-28H2,1-6H3/b29-22+/t37-,38+,39-,41-/m1/s1. The lowest BCUT2D eigenvalue weighted by atomic mass is 9.58. The zero-order chi connectivity index (χ0) is 39.1. The fourth-order valence-corrected chi connectivity index (χ4v) is 14.7. The van der Waals surface area contributed by atoms with E-state index in [4.69, 9.17) is 9.08 Å². The quantitative estimate of drug-likeness (QED) is 0.0917. The van der Waals surface area contributed by atoms with E-state index in [9.17, 15) is 19.7 Å². The van der Waals surface area contributed by atoms with Crippen molar-refractivity contribution >= 4 is 55.0 Å². The van der Waals surface area contributed by atoms with E-state index in [1.54, 1.807) is 11.3 Å². The van der Waals surface area contributed by atoms with Gasteiger partial charge in [-0.25, -0.2) is 0 Å². The van der Waals surface area contributed by atoms with Crippen LogP contribution in [0.1, 0.15) is 68.5 Å². The third-order valence-electron chi connectivity index (χ3n) is 11.9. The maximum Gasteiger partial charge on any atom is 0.455 e. The van der Waals surface area contributed by atoms with Crippen molar-refractivity contribution < 1.29 is 28.8 Å². The van der Waals surface area contributed by atoms with Gasteiger partial charge in [0.15, 0.2) is 0 Å². The molecule has 3 aromatic carbocycles. The Morgan fingerprint density at radius 2 is 1.60 bits per heavy atom. The summed E-state index contributed by atoms with van der Waals surface area (Å²) in [5.41, 5.74) is 5.86. The number of fused-ring (bicyclic) bond motifs is 3. The van der Waals surface area contributed by atoms with Crippen LogP contribution < -0.4 is 10.4 Å². The molecule has 0 radical (unpaired) electrons. The number of thiophene rings is 1. The first-order valence-electron chi connectivity index (χ1n) is 19.4. The lowest BCUT2D eigenvalue weighted by Crippen LogP contribution is -2.66. The minimum atomic E-state index is -2.95. The van der Waals surface area contributed by atoms with Gasteiger partial charge in [0.25, 0.3) is 8.32 Å². The monoisotopic (exact) mass is 773 g/mol. The van der Waals surface area contributed by atoms with Crippen LogP contribution in [0.2, 0.25) is 11.4 Å². The van der Waals surface area contributed by atoms with Gasteiger partial charge in [-0.05, 0) is 119 Å². The molecule has 55 heavy (non-hydrogen) atoms. The summed E-state index contributed by atoms with van der Waals surface area (Å²) in [6.45, 7) is 13.2. The predicted molar refractivity (Wildman–Crippen MR) is 224 cm³/mol. The molecule has 4 atom stereocenters. The van der Waals surface area contributed by atoms with Gasteiger partial charge in [-0.2, -0.15) is 0 Å². The fourth-order valence-electron chi connectivity index (χ4n) is 9.42. The van der Waals surface area contributed by atoms with Crippen LogP contribution in [0, 0.1) is 31.6 Å². The van der Waals surface area contributed by atoms with Gasteiger partial charge in [0.05, 0.1) is 31.1 Å². The van der Waals surface area contributed by atoms with Gasteiger partial charge in [-0.15, -0.1) is 11.3 Å². The lowest BCUT2D eigenvalue weighted by Gasteiger charge is -2.46. The fraction of sp³-hybridized carbons (Fsp3) is 0.378. The number of phenolic OH excluding ortho intramolecular Hbond substituents is 1. The molecular weight excluding hydrogens is 721 g/mol. The van der Waals surface area contributed by atoms with Crippen LogP contribution in [-0.2, 0) is 25.2 Å². The third kappa shape index (κ3) is 7.59. The number of imide groups is 1. The summed E-state index contributed by atoms with van der Waals surface area (Å²) in [4.78, 5) is 31.0. The second kappa shape index (κ2) is 15.8. The maximum atomic E-state index is 14.3. The van der Waals surface area contributed by atoms with Crippen molar-refractivity contribution in [2.24, 2.45) is 17.8 Å². The summed E-state index contributed by atoms with van der Waals surface area (Å²) in [6.07, 6.45) is 3.65. The Hall–Kier alpha value is -4.06. The Kier molecular flexibility index (Phi) is 11.3. The number of amides is 2. The number of aryl methyl sites for hydroxylation is 2. The van der Waals surface area contributed by atoms with Crippen molar-refractivity contribution in [2.45, 2.75) is 84.8 Å². The average molecular weight is 774 g/mol. The summed E-state index contributed by atoms with van der Waals surface area (Å²) in [7, 11) is -4.01. The molecule has 3 heterocycles. The molecule has 2 aliphatic heterocycles. The SMILES string of the molecule is C/C(=C\c1cc(C)c(O)c(C)c1)CC[C@H]1OB(O)C[C@H]2C1=C(CO[Si](c1ccccc1)(c1ccccc1)C(C)(C)C)C[C@H]1C(=O)N(Cc3cccs3)C(=O)[C@H]12. The van der Waals surface area contributed by atoms with Crippen molar-refractivity contribution in [1.82, 2.24) is 4.90 Å².